The summed E-state index contributed by atoms with van der Waals surface area (Å²) in [7, 11) is -0.923. The molecule has 1 rings (SSSR count). The van der Waals surface area contributed by atoms with Gasteiger partial charge in [-0.25, -0.2) is 0 Å². The molecule has 0 saturated carbocycles. The standard InChI is InChI=1S/C15H26Si/c1-5-16(6-2,7-3)13-12-15-11-9-8-10-14(15)4/h8-11H,5-7,12-13H2,1-4H3. The van der Waals surface area contributed by atoms with Crippen molar-refractivity contribution in [2.75, 3.05) is 0 Å². The van der Waals surface area contributed by atoms with Crippen molar-refractivity contribution >= 4 is 8.07 Å². The van der Waals surface area contributed by atoms with E-state index >= 15 is 0 Å². The van der Waals surface area contributed by atoms with Gasteiger partial charge in [-0.3, -0.25) is 0 Å². The predicted octanol–water partition coefficient (Wildman–Crippen LogP) is 5.05. The maximum atomic E-state index is 2.40. The van der Waals surface area contributed by atoms with Crippen LogP contribution in [-0.4, -0.2) is 8.07 Å². The summed E-state index contributed by atoms with van der Waals surface area (Å²) < 4.78 is 0. The first-order valence-corrected chi connectivity index (χ1v) is 9.54. The lowest BCUT2D eigenvalue weighted by Gasteiger charge is -2.28. The molecule has 0 heterocycles. The van der Waals surface area contributed by atoms with Gasteiger partial charge in [0.05, 0.1) is 8.07 Å². The Labute approximate surface area is 102 Å². The van der Waals surface area contributed by atoms with Crippen molar-refractivity contribution < 1.29 is 0 Å². The van der Waals surface area contributed by atoms with Crippen molar-refractivity contribution in [1.29, 1.82) is 0 Å². The summed E-state index contributed by atoms with van der Waals surface area (Å²) in [6, 6.07) is 14.7. The number of hydrogen-bond donors (Lipinski definition) is 0. The van der Waals surface area contributed by atoms with Crippen LogP contribution in [0, 0.1) is 6.92 Å². The summed E-state index contributed by atoms with van der Waals surface area (Å²) in [5.74, 6) is 0. The zero-order valence-corrected chi connectivity index (χ0v) is 12.3. The van der Waals surface area contributed by atoms with E-state index in [0.717, 1.165) is 0 Å². The lowest BCUT2D eigenvalue weighted by Crippen LogP contribution is -2.31. The topological polar surface area (TPSA) is 0 Å². The van der Waals surface area contributed by atoms with E-state index in [4.69, 9.17) is 0 Å². The van der Waals surface area contributed by atoms with Gasteiger partial charge in [0.15, 0.2) is 0 Å². The summed E-state index contributed by atoms with van der Waals surface area (Å²) in [6.45, 7) is 9.44. The van der Waals surface area contributed by atoms with E-state index in [-0.39, 0.29) is 0 Å². The molecule has 1 aromatic carbocycles. The van der Waals surface area contributed by atoms with Crippen LogP contribution in [0.5, 0.6) is 0 Å². The molecule has 0 nitrogen and oxygen atoms in total. The molecular formula is C15H26Si. The molecule has 0 aliphatic rings. The maximum absolute atomic E-state index is 2.40. The van der Waals surface area contributed by atoms with Gasteiger partial charge < -0.3 is 0 Å². The normalized spacial score (nSPS) is 11.8. The van der Waals surface area contributed by atoms with E-state index in [0.29, 0.717) is 0 Å². The van der Waals surface area contributed by atoms with E-state index in [2.05, 4.69) is 52.0 Å². The zero-order valence-electron chi connectivity index (χ0n) is 11.3. The number of benzene rings is 1. The van der Waals surface area contributed by atoms with E-state index < -0.39 is 8.07 Å². The van der Waals surface area contributed by atoms with Gasteiger partial charge in [0.25, 0.3) is 0 Å². The van der Waals surface area contributed by atoms with Crippen molar-refractivity contribution in [3.63, 3.8) is 0 Å². The second-order valence-corrected chi connectivity index (χ2v) is 10.6. The van der Waals surface area contributed by atoms with Gasteiger partial charge in [0, 0.05) is 0 Å². The van der Waals surface area contributed by atoms with Gasteiger partial charge in [-0.1, -0.05) is 69.2 Å². The van der Waals surface area contributed by atoms with E-state index in [1.807, 2.05) is 0 Å². The highest BCUT2D eigenvalue weighted by atomic mass is 28.3. The Kier molecular flexibility index (Phi) is 5.27. The first kappa shape index (κ1) is 13.5. The van der Waals surface area contributed by atoms with Crippen molar-refractivity contribution in [3.05, 3.63) is 35.4 Å². The third-order valence-electron chi connectivity index (χ3n) is 4.44. The number of hydrogen-bond acceptors (Lipinski definition) is 0. The molecular weight excluding hydrogens is 208 g/mol. The Morgan fingerprint density at radius 2 is 1.50 bits per heavy atom. The van der Waals surface area contributed by atoms with Crippen LogP contribution in [-0.2, 0) is 6.42 Å². The van der Waals surface area contributed by atoms with Gasteiger partial charge in [0.1, 0.15) is 0 Å². The predicted molar refractivity (Wildman–Crippen MR) is 76.9 cm³/mol. The molecule has 1 aromatic rings. The molecule has 0 bridgehead atoms. The molecule has 0 aromatic heterocycles. The molecule has 0 atom stereocenters. The van der Waals surface area contributed by atoms with Crippen LogP contribution in [0.15, 0.2) is 24.3 Å². The van der Waals surface area contributed by atoms with Gasteiger partial charge >= 0.3 is 0 Å². The lowest BCUT2D eigenvalue weighted by atomic mass is 10.1. The summed E-state index contributed by atoms with van der Waals surface area (Å²) in [5.41, 5.74) is 3.03. The SMILES string of the molecule is CC[Si](CC)(CC)CCc1ccccc1C. The highest BCUT2D eigenvalue weighted by Gasteiger charge is 2.25. The Bertz CT molecular complexity index is 305. The largest absolute Gasteiger partial charge is 0.0678 e. The van der Waals surface area contributed by atoms with Crippen LogP contribution in [0.25, 0.3) is 0 Å². The number of aryl methyl sites for hydroxylation is 2. The van der Waals surface area contributed by atoms with Crippen LogP contribution < -0.4 is 0 Å². The average molecular weight is 234 g/mol. The van der Waals surface area contributed by atoms with Crippen LogP contribution in [0.3, 0.4) is 0 Å². The lowest BCUT2D eigenvalue weighted by molar-refractivity contribution is 1.01. The monoisotopic (exact) mass is 234 g/mol. The minimum absolute atomic E-state index is 0.923. The molecule has 0 spiro atoms. The molecule has 0 unspecified atom stereocenters. The van der Waals surface area contributed by atoms with Gasteiger partial charge in [0.2, 0.25) is 0 Å². The van der Waals surface area contributed by atoms with Crippen molar-refractivity contribution in [1.82, 2.24) is 0 Å². The molecule has 0 N–H and O–H groups in total. The second-order valence-electron chi connectivity index (χ2n) is 4.99. The molecule has 1 heteroatoms. The van der Waals surface area contributed by atoms with Gasteiger partial charge in [-0.2, -0.15) is 0 Å². The van der Waals surface area contributed by atoms with Crippen molar-refractivity contribution in [2.24, 2.45) is 0 Å². The van der Waals surface area contributed by atoms with Crippen LogP contribution >= 0.6 is 0 Å². The first-order chi connectivity index (χ1) is 7.67. The molecule has 90 valence electrons. The van der Waals surface area contributed by atoms with Crippen molar-refractivity contribution in [3.8, 4) is 0 Å². The summed E-state index contributed by atoms with van der Waals surface area (Å²) >= 11 is 0. The molecule has 16 heavy (non-hydrogen) atoms. The second kappa shape index (κ2) is 6.24. The highest BCUT2D eigenvalue weighted by molar-refractivity contribution is 6.79. The van der Waals surface area contributed by atoms with Gasteiger partial charge in [-0.05, 0) is 24.5 Å². The van der Waals surface area contributed by atoms with E-state index in [1.165, 1.54) is 36.2 Å². The van der Waals surface area contributed by atoms with Crippen molar-refractivity contribution in [2.45, 2.75) is 58.3 Å². The maximum Gasteiger partial charge on any atom is 0.0530 e. The minimum Gasteiger partial charge on any atom is -0.0678 e. The Morgan fingerprint density at radius 1 is 0.938 bits per heavy atom. The van der Waals surface area contributed by atoms with E-state index in [9.17, 15) is 0 Å². The molecule has 0 aliphatic heterocycles. The first-order valence-electron chi connectivity index (χ1n) is 6.72. The minimum atomic E-state index is -0.923. The van der Waals surface area contributed by atoms with Crippen LogP contribution in [0.4, 0.5) is 0 Å². The average Bonchev–Trinajstić information content (AvgIpc) is 2.34. The van der Waals surface area contributed by atoms with E-state index in [1.54, 1.807) is 5.56 Å². The summed E-state index contributed by atoms with van der Waals surface area (Å²) in [4.78, 5) is 0. The Hall–Kier alpha value is -0.563. The number of rotatable bonds is 6. The zero-order chi connectivity index (χ0) is 12.0. The Balaban J connectivity index is 2.66. The Morgan fingerprint density at radius 3 is 2.00 bits per heavy atom. The fourth-order valence-corrected chi connectivity index (χ4v) is 5.93. The van der Waals surface area contributed by atoms with Crippen LogP contribution in [0.1, 0.15) is 31.9 Å². The summed E-state index contributed by atoms with van der Waals surface area (Å²) in [6.07, 6.45) is 1.30. The smallest absolute Gasteiger partial charge is 0.0530 e. The fraction of sp³-hybridized carbons (Fsp3) is 0.600. The fourth-order valence-electron chi connectivity index (χ4n) is 2.57. The van der Waals surface area contributed by atoms with Gasteiger partial charge in [-0.15, -0.1) is 0 Å². The third-order valence-corrected chi connectivity index (χ3v) is 10.2. The van der Waals surface area contributed by atoms with Crippen LogP contribution in [0.2, 0.25) is 24.2 Å². The molecule has 0 radical (unpaired) electrons. The molecule has 0 saturated heterocycles. The summed E-state index contributed by atoms with van der Waals surface area (Å²) in [5, 5.41) is 0. The molecule has 0 aliphatic carbocycles. The molecule has 0 amide bonds. The highest BCUT2D eigenvalue weighted by Crippen LogP contribution is 2.27. The quantitative estimate of drug-likeness (QED) is 0.605. The molecule has 0 fully saturated rings. The third kappa shape index (κ3) is 3.21.